The normalized spacial score (nSPS) is 18.8. The molecule has 2 aliphatic rings. The largest absolute Gasteiger partial charge is 0.363 e. The molecule has 160 valence electrons. The maximum absolute atomic E-state index is 12.9. The fraction of sp³-hybridized carbons (Fsp3) is 0.522. The number of likely N-dealkylation sites (N-methyl/N-ethyl adjacent to an activating group) is 1. The number of benzene rings is 1. The summed E-state index contributed by atoms with van der Waals surface area (Å²) in [5, 5.41) is 0. The van der Waals surface area contributed by atoms with E-state index in [4.69, 9.17) is 9.97 Å². The Balaban J connectivity index is 1.47. The second-order valence-electron chi connectivity index (χ2n) is 8.71. The van der Waals surface area contributed by atoms with Gasteiger partial charge in [-0.3, -0.25) is 14.6 Å². The number of carbonyl (C=O) groups excluding carboxylic acids is 1. The first-order chi connectivity index (χ1) is 14.4. The molecular formula is C23H32N6O. The highest BCUT2D eigenvalue weighted by atomic mass is 16.2. The summed E-state index contributed by atoms with van der Waals surface area (Å²) in [6, 6.07) is 10.5. The number of anilines is 2. The molecule has 4 rings (SSSR count). The number of para-hydroxylation sites is 1. The number of hydrogen-bond acceptors (Lipinski definition) is 6. The average molecular weight is 409 g/mol. The molecule has 7 nitrogen and oxygen atoms in total. The summed E-state index contributed by atoms with van der Waals surface area (Å²) in [5.74, 6) is 1.95. The Hall–Kier alpha value is -2.51. The van der Waals surface area contributed by atoms with E-state index in [1.54, 1.807) is 0 Å². The van der Waals surface area contributed by atoms with Gasteiger partial charge >= 0.3 is 0 Å². The topological polar surface area (TPSA) is 55.8 Å². The monoisotopic (exact) mass is 408 g/mol. The van der Waals surface area contributed by atoms with E-state index in [-0.39, 0.29) is 11.9 Å². The van der Waals surface area contributed by atoms with Gasteiger partial charge in [0.2, 0.25) is 5.91 Å². The summed E-state index contributed by atoms with van der Waals surface area (Å²) in [6.07, 6.45) is 3.20. The number of likely N-dealkylation sites (tertiary alicyclic amines) is 1. The van der Waals surface area contributed by atoms with Gasteiger partial charge in [0, 0.05) is 38.9 Å². The Morgan fingerprint density at radius 2 is 1.97 bits per heavy atom. The summed E-state index contributed by atoms with van der Waals surface area (Å²) in [5.41, 5.74) is 3.27. The first kappa shape index (κ1) is 20.8. The molecule has 1 atom stereocenters. The predicted octanol–water partition coefficient (Wildman–Crippen LogP) is 2.33. The van der Waals surface area contributed by atoms with Gasteiger partial charge in [-0.15, -0.1) is 0 Å². The van der Waals surface area contributed by atoms with Crippen LogP contribution in [0.2, 0.25) is 0 Å². The van der Waals surface area contributed by atoms with Gasteiger partial charge in [0.15, 0.2) is 0 Å². The van der Waals surface area contributed by atoms with Gasteiger partial charge in [-0.1, -0.05) is 18.2 Å². The lowest BCUT2D eigenvalue weighted by molar-refractivity contribution is -0.119. The third kappa shape index (κ3) is 4.32. The van der Waals surface area contributed by atoms with Crippen LogP contribution in [-0.4, -0.2) is 73.5 Å². The second kappa shape index (κ2) is 8.70. The Morgan fingerprint density at radius 1 is 1.17 bits per heavy atom. The van der Waals surface area contributed by atoms with E-state index in [1.165, 1.54) is 12.0 Å². The van der Waals surface area contributed by atoms with Crippen molar-refractivity contribution in [3.63, 3.8) is 0 Å². The first-order valence-electron chi connectivity index (χ1n) is 10.7. The highest BCUT2D eigenvalue weighted by molar-refractivity contribution is 5.96. The third-order valence-electron chi connectivity index (χ3n) is 6.08. The Morgan fingerprint density at radius 3 is 2.70 bits per heavy atom. The van der Waals surface area contributed by atoms with Crippen LogP contribution in [0, 0.1) is 0 Å². The van der Waals surface area contributed by atoms with Crippen molar-refractivity contribution in [1.29, 1.82) is 0 Å². The van der Waals surface area contributed by atoms with E-state index in [2.05, 4.69) is 18.0 Å². The molecule has 0 unspecified atom stereocenters. The highest BCUT2D eigenvalue weighted by Crippen LogP contribution is 2.30. The van der Waals surface area contributed by atoms with Crippen molar-refractivity contribution in [2.75, 3.05) is 57.6 Å². The number of carbonyl (C=O) groups is 1. The number of hydrogen-bond donors (Lipinski definition) is 0. The van der Waals surface area contributed by atoms with Gasteiger partial charge in [0.25, 0.3) is 0 Å². The molecule has 0 spiro atoms. The molecule has 0 bridgehead atoms. The van der Waals surface area contributed by atoms with Crippen LogP contribution in [0.3, 0.4) is 0 Å². The van der Waals surface area contributed by atoms with Crippen molar-refractivity contribution in [2.45, 2.75) is 31.8 Å². The number of nitrogens with zero attached hydrogens (tertiary/aromatic N) is 6. The van der Waals surface area contributed by atoms with Gasteiger partial charge in [-0.05, 0) is 51.5 Å². The maximum Gasteiger partial charge on any atom is 0.241 e. The van der Waals surface area contributed by atoms with Crippen LogP contribution >= 0.6 is 0 Å². The summed E-state index contributed by atoms with van der Waals surface area (Å²) in [6.45, 7) is 2.84. The van der Waals surface area contributed by atoms with Crippen molar-refractivity contribution < 1.29 is 4.79 Å². The van der Waals surface area contributed by atoms with Gasteiger partial charge in [-0.2, -0.15) is 0 Å². The van der Waals surface area contributed by atoms with Crippen LogP contribution in [0.15, 0.2) is 30.3 Å². The molecule has 1 amide bonds. The van der Waals surface area contributed by atoms with Crippen LogP contribution in [0.4, 0.5) is 11.5 Å². The lowest BCUT2D eigenvalue weighted by Crippen LogP contribution is -2.38. The summed E-state index contributed by atoms with van der Waals surface area (Å²) in [4.78, 5) is 30.9. The quantitative estimate of drug-likeness (QED) is 0.731. The molecule has 0 N–H and O–H groups in total. The molecule has 30 heavy (non-hydrogen) atoms. The first-order valence-corrected chi connectivity index (χ1v) is 10.7. The lowest BCUT2D eigenvalue weighted by Gasteiger charge is -2.24. The molecule has 0 radical (unpaired) electrons. The van der Waals surface area contributed by atoms with Crippen molar-refractivity contribution in [3.8, 4) is 0 Å². The van der Waals surface area contributed by atoms with Crippen LogP contribution in [0.5, 0.6) is 0 Å². The number of rotatable bonds is 6. The summed E-state index contributed by atoms with van der Waals surface area (Å²) < 4.78 is 0. The molecule has 1 aromatic heterocycles. The van der Waals surface area contributed by atoms with Crippen LogP contribution < -0.4 is 9.80 Å². The molecule has 1 fully saturated rings. The van der Waals surface area contributed by atoms with Gasteiger partial charge in [-0.25, -0.2) is 9.97 Å². The van der Waals surface area contributed by atoms with E-state index in [0.29, 0.717) is 13.1 Å². The fourth-order valence-electron chi connectivity index (χ4n) is 4.44. The van der Waals surface area contributed by atoms with E-state index in [9.17, 15) is 4.79 Å². The number of fused-ring (bicyclic) bond motifs is 1. The number of amides is 1. The van der Waals surface area contributed by atoms with E-state index < -0.39 is 0 Å². The maximum atomic E-state index is 12.9. The summed E-state index contributed by atoms with van der Waals surface area (Å²) in [7, 11) is 8.14. The SMILES string of the molecule is CN(CC(=O)N1CCc2ccccc21)Cc1cc(N(C)C)nc([C@H]2CCCN2C)n1. The Kier molecular flexibility index (Phi) is 6.01. The van der Waals surface area contributed by atoms with Gasteiger partial charge in [0.05, 0.1) is 18.3 Å². The molecular weight excluding hydrogens is 376 g/mol. The van der Waals surface area contributed by atoms with Crippen LogP contribution in [0.25, 0.3) is 0 Å². The molecule has 7 heteroatoms. The molecule has 2 aliphatic heterocycles. The zero-order valence-electron chi connectivity index (χ0n) is 18.5. The minimum absolute atomic E-state index is 0.139. The zero-order chi connectivity index (χ0) is 21.3. The third-order valence-corrected chi connectivity index (χ3v) is 6.08. The molecule has 3 heterocycles. The van der Waals surface area contributed by atoms with Crippen molar-refractivity contribution in [2.24, 2.45) is 0 Å². The summed E-state index contributed by atoms with van der Waals surface area (Å²) >= 11 is 0. The van der Waals surface area contributed by atoms with Gasteiger partial charge in [0.1, 0.15) is 11.6 Å². The standard InChI is InChI=1S/C23H32N6O/c1-26(2)21-14-18(24-23(25-21)20-10-7-12-28(20)4)15-27(3)16-22(30)29-13-11-17-8-5-6-9-19(17)29/h5-6,8-9,14,20H,7,10-13,15-16H2,1-4H3/t20-/m1/s1. The van der Waals surface area contributed by atoms with Crippen LogP contribution in [0.1, 0.15) is 36.0 Å². The van der Waals surface area contributed by atoms with Crippen LogP contribution in [-0.2, 0) is 17.8 Å². The Bertz CT molecular complexity index is 914. The van der Waals surface area contributed by atoms with E-state index >= 15 is 0 Å². The second-order valence-corrected chi connectivity index (χ2v) is 8.71. The number of aromatic nitrogens is 2. The van der Waals surface area contributed by atoms with Gasteiger partial charge < -0.3 is 9.80 Å². The molecule has 0 saturated carbocycles. The highest BCUT2D eigenvalue weighted by Gasteiger charge is 2.27. The molecule has 1 saturated heterocycles. The fourth-order valence-corrected chi connectivity index (χ4v) is 4.44. The van der Waals surface area contributed by atoms with Crippen molar-refractivity contribution in [1.82, 2.24) is 19.8 Å². The smallest absolute Gasteiger partial charge is 0.241 e. The van der Waals surface area contributed by atoms with E-state index in [0.717, 1.165) is 49.0 Å². The molecule has 2 aromatic rings. The van der Waals surface area contributed by atoms with Crippen molar-refractivity contribution >= 4 is 17.4 Å². The lowest BCUT2D eigenvalue weighted by atomic mass is 10.2. The van der Waals surface area contributed by atoms with E-state index in [1.807, 2.05) is 60.1 Å². The van der Waals surface area contributed by atoms with Crippen molar-refractivity contribution in [3.05, 3.63) is 47.4 Å². The Labute approximate surface area is 179 Å². The predicted molar refractivity (Wildman–Crippen MR) is 120 cm³/mol. The zero-order valence-corrected chi connectivity index (χ0v) is 18.5. The average Bonchev–Trinajstić information content (AvgIpc) is 3.33. The minimum Gasteiger partial charge on any atom is -0.363 e. The molecule has 1 aromatic carbocycles. The molecule has 0 aliphatic carbocycles. The minimum atomic E-state index is 0.139.